The molecule has 0 heterocycles. The Morgan fingerprint density at radius 3 is 2.89 bits per heavy atom. The molecule has 2 unspecified atom stereocenters. The lowest BCUT2D eigenvalue weighted by Gasteiger charge is -2.15. The zero-order valence-corrected chi connectivity index (χ0v) is 11.6. The summed E-state index contributed by atoms with van der Waals surface area (Å²) in [6.07, 6.45) is 3.10. The first-order valence-corrected chi connectivity index (χ1v) is 6.62. The summed E-state index contributed by atoms with van der Waals surface area (Å²) >= 11 is 3.10. The molecule has 1 aliphatic carbocycles. The summed E-state index contributed by atoms with van der Waals surface area (Å²) in [5, 5.41) is 12.0. The number of nitriles is 1. The molecule has 0 amide bonds. The lowest BCUT2D eigenvalue weighted by atomic mass is 10.2. The van der Waals surface area contributed by atoms with Crippen molar-refractivity contribution in [2.45, 2.75) is 31.4 Å². The highest BCUT2D eigenvalue weighted by molar-refractivity contribution is 9.10. The topological polar surface area (TPSA) is 45.0 Å². The van der Waals surface area contributed by atoms with Gasteiger partial charge in [0.25, 0.3) is 0 Å². The predicted octanol–water partition coefficient (Wildman–Crippen LogP) is 3.44. The highest BCUT2D eigenvalue weighted by Gasteiger charge is 2.25. The van der Waals surface area contributed by atoms with Crippen LogP contribution in [-0.2, 0) is 4.74 Å². The fourth-order valence-corrected chi connectivity index (χ4v) is 2.69. The first-order valence-electron chi connectivity index (χ1n) is 5.83. The van der Waals surface area contributed by atoms with Gasteiger partial charge in [0.2, 0.25) is 0 Å². The summed E-state index contributed by atoms with van der Waals surface area (Å²) in [6, 6.07) is 5.38. The summed E-state index contributed by atoms with van der Waals surface area (Å²) in [7, 11) is 1.70. The van der Waals surface area contributed by atoms with Crippen molar-refractivity contribution >= 4 is 21.6 Å². The molecule has 3 nitrogen and oxygen atoms in total. The van der Waals surface area contributed by atoms with E-state index in [1.54, 1.807) is 19.2 Å². The summed E-state index contributed by atoms with van der Waals surface area (Å²) < 4.78 is 19.5. The van der Waals surface area contributed by atoms with Crippen LogP contribution in [0.3, 0.4) is 0 Å². The van der Waals surface area contributed by atoms with E-state index in [0.717, 1.165) is 19.3 Å². The Hall–Kier alpha value is -1.12. The van der Waals surface area contributed by atoms with Crippen molar-refractivity contribution in [2.75, 3.05) is 12.4 Å². The summed E-state index contributed by atoms with van der Waals surface area (Å²) in [5.41, 5.74) is 0.738. The Kier molecular flexibility index (Phi) is 4.20. The monoisotopic (exact) mass is 312 g/mol. The second kappa shape index (κ2) is 5.68. The smallest absolute Gasteiger partial charge is 0.161 e. The van der Waals surface area contributed by atoms with Crippen molar-refractivity contribution in [3.63, 3.8) is 0 Å². The largest absolute Gasteiger partial charge is 0.381 e. The van der Waals surface area contributed by atoms with E-state index in [4.69, 9.17) is 10.00 Å². The van der Waals surface area contributed by atoms with Gasteiger partial charge in [-0.1, -0.05) is 0 Å². The van der Waals surface area contributed by atoms with Crippen molar-refractivity contribution in [1.82, 2.24) is 0 Å². The molecule has 1 saturated carbocycles. The van der Waals surface area contributed by atoms with Gasteiger partial charge in [-0.3, -0.25) is 0 Å². The minimum atomic E-state index is -0.407. The summed E-state index contributed by atoms with van der Waals surface area (Å²) in [6.45, 7) is 0. The Morgan fingerprint density at radius 1 is 1.50 bits per heavy atom. The third-order valence-corrected chi connectivity index (χ3v) is 4.06. The molecule has 0 saturated heterocycles. The van der Waals surface area contributed by atoms with Gasteiger partial charge in [-0.25, -0.2) is 4.39 Å². The number of hydrogen-bond donors (Lipinski definition) is 1. The van der Waals surface area contributed by atoms with Crippen LogP contribution in [0.5, 0.6) is 0 Å². The first-order chi connectivity index (χ1) is 8.65. The van der Waals surface area contributed by atoms with Crippen molar-refractivity contribution in [2.24, 2.45) is 0 Å². The van der Waals surface area contributed by atoms with Gasteiger partial charge in [-0.15, -0.1) is 0 Å². The molecule has 1 N–H and O–H groups in total. The third-order valence-electron chi connectivity index (χ3n) is 3.28. The van der Waals surface area contributed by atoms with Crippen molar-refractivity contribution in [3.05, 3.63) is 28.0 Å². The lowest BCUT2D eigenvalue weighted by Crippen LogP contribution is -2.18. The third kappa shape index (κ3) is 2.65. The quantitative estimate of drug-likeness (QED) is 0.930. The van der Waals surface area contributed by atoms with Crippen LogP contribution in [0.15, 0.2) is 16.6 Å². The normalized spacial score (nSPS) is 22.8. The number of methoxy groups -OCH3 is 1. The average Bonchev–Trinajstić information content (AvgIpc) is 2.83. The van der Waals surface area contributed by atoms with Gasteiger partial charge in [0.1, 0.15) is 6.07 Å². The molecule has 5 heteroatoms. The average molecular weight is 313 g/mol. The number of ether oxygens (including phenoxy) is 1. The number of anilines is 1. The van der Waals surface area contributed by atoms with Gasteiger partial charge in [0.15, 0.2) is 5.82 Å². The Morgan fingerprint density at radius 2 is 2.28 bits per heavy atom. The minimum absolute atomic E-state index is 0.219. The van der Waals surface area contributed by atoms with E-state index in [2.05, 4.69) is 21.2 Å². The minimum Gasteiger partial charge on any atom is -0.381 e. The molecule has 0 spiro atoms. The molecule has 1 aliphatic rings. The predicted molar refractivity (Wildman–Crippen MR) is 70.9 cm³/mol. The van der Waals surface area contributed by atoms with Crippen LogP contribution in [0.4, 0.5) is 10.1 Å². The van der Waals surface area contributed by atoms with Gasteiger partial charge in [-0.2, -0.15) is 5.26 Å². The van der Waals surface area contributed by atoms with E-state index < -0.39 is 5.82 Å². The molecular weight excluding hydrogens is 299 g/mol. The zero-order valence-electron chi connectivity index (χ0n) is 10.0. The number of nitrogens with zero attached hydrogens (tertiary/aromatic N) is 1. The molecule has 2 rings (SSSR count). The van der Waals surface area contributed by atoms with Crippen molar-refractivity contribution in [1.29, 1.82) is 5.26 Å². The van der Waals surface area contributed by atoms with E-state index in [1.807, 2.05) is 6.07 Å². The number of rotatable bonds is 3. The Labute approximate surface area is 114 Å². The van der Waals surface area contributed by atoms with Crippen LogP contribution in [0.25, 0.3) is 0 Å². The molecular formula is C13H14BrFN2O. The first kappa shape index (κ1) is 13.3. The van der Waals surface area contributed by atoms with Gasteiger partial charge >= 0.3 is 0 Å². The van der Waals surface area contributed by atoms with E-state index in [0.29, 0.717) is 11.3 Å². The highest BCUT2D eigenvalue weighted by atomic mass is 79.9. The van der Waals surface area contributed by atoms with Crippen LogP contribution in [0.1, 0.15) is 24.8 Å². The molecule has 0 aromatic heterocycles. The maximum absolute atomic E-state index is 14.0. The molecule has 0 radical (unpaired) electrons. The molecule has 1 aromatic carbocycles. The molecule has 18 heavy (non-hydrogen) atoms. The van der Waals surface area contributed by atoms with Gasteiger partial charge in [0.05, 0.1) is 21.8 Å². The molecule has 2 atom stereocenters. The number of hydrogen-bond acceptors (Lipinski definition) is 3. The Bertz CT molecular complexity index is 487. The summed E-state index contributed by atoms with van der Waals surface area (Å²) in [4.78, 5) is 0. The SMILES string of the molecule is COC1CCC(Nc2ccc(C#N)c(Br)c2F)C1. The molecule has 1 aromatic rings. The van der Waals surface area contributed by atoms with E-state index in [9.17, 15) is 4.39 Å². The van der Waals surface area contributed by atoms with Gasteiger partial charge < -0.3 is 10.1 Å². The van der Waals surface area contributed by atoms with Crippen LogP contribution >= 0.6 is 15.9 Å². The maximum atomic E-state index is 14.0. The van der Waals surface area contributed by atoms with E-state index in [-0.39, 0.29) is 16.6 Å². The maximum Gasteiger partial charge on any atom is 0.161 e. The second-order valence-electron chi connectivity index (χ2n) is 4.41. The van der Waals surface area contributed by atoms with Crippen molar-refractivity contribution in [3.8, 4) is 6.07 Å². The molecule has 0 bridgehead atoms. The van der Waals surface area contributed by atoms with Crippen LogP contribution in [-0.4, -0.2) is 19.3 Å². The van der Waals surface area contributed by atoms with Crippen molar-refractivity contribution < 1.29 is 9.13 Å². The van der Waals surface area contributed by atoms with Crippen LogP contribution < -0.4 is 5.32 Å². The fourth-order valence-electron chi connectivity index (χ4n) is 2.25. The number of nitrogens with one attached hydrogen (secondary N) is 1. The van der Waals surface area contributed by atoms with Gasteiger partial charge in [0, 0.05) is 13.2 Å². The highest BCUT2D eigenvalue weighted by Crippen LogP contribution is 2.30. The molecule has 1 fully saturated rings. The van der Waals surface area contributed by atoms with Crippen LogP contribution in [0, 0.1) is 17.1 Å². The van der Waals surface area contributed by atoms with Gasteiger partial charge in [-0.05, 0) is 47.3 Å². The van der Waals surface area contributed by atoms with E-state index in [1.165, 1.54) is 0 Å². The number of halogens is 2. The second-order valence-corrected chi connectivity index (χ2v) is 5.21. The van der Waals surface area contributed by atoms with E-state index >= 15 is 0 Å². The fraction of sp³-hybridized carbons (Fsp3) is 0.462. The molecule has 0 aliphatic heterocycles. The Balaban J connectivity index is 2.11. The van der Waals surface area contributed by atoms with Crippen LogP contribution in [0.2, 0.25) is 0 Å². The summed E-state index contributed by atoms with van der Waals surface area (Å²) in [5.74, 6) is -0.407. The number of benzene rings is 1. The lowest BCUT2D eigenvalue weighted by molar-refractivity contribution is 0.108. The standard InChI is InChI=1S/C13H14BrFN2O/c1-18-10-4-3-9(6-10)17-11-5-2-8(7-16)12(14)13(11)15/h2,5,9-10,17H,3-4,6H2,1H3. The molecule has 96 valence electrons. The zero-order chi connectivity index (χ0) is 13.1.